The van der Waals surface area contributed by atoms with Gasteiger partial charge in [-0.05, 0) is 42.5 Å². The summed E-state index contributed by atoms with van der Waals surface area (Å²) in [7, 11) is 1.40. The lowest BCUT2D eigenvalue weighted by molar-refractivity contribution is -0.136. The summed E-state index contributed by atoms with van der Waals surface area (Å²) in [5, 5.41) is 0. The number of amides is 1. The van der Waals surface area contributed by atoms with E-state index in [1.54, 1.807) is 6.07 Å². The van der Waals surface area contributed by atoms with E-state index in [-0.39, 0.29) is 12.5 Å². The number of alkyl halides is 3. The summed E-state index contributed by atoms with van der Waals surface area (Å²) in [6.45, 7) is -0.306. The third kappa shape index (κ3) is 3.49. The molecule has 1 aliphatic carbocycles. The molecule has 0 radical (unpaired) electrons. The second kappa shape index (κ2) is 5.23. The Morgan fingerprint density at radius 3 is 2.63 bits per heavy atom. The Hall–Kier alpha value is -1.52. The topological polar surface area (TPSA) is 20.3 Å². The minimum Gasteiger partial charge on any atom is -0.341 e. The van der Waals surface area contributed by atoms with Gasteiger partial charge in [0.25, 0.3) is 5.91 Å². The van der Waals surface area contributed by atoms with Crippen molar-refractivity contribution in [1.29, 1.82) is 0 Å². The molecule has 2 rings (SSSR count). The van der Waals surface area contributed by atoms with Crippen LogP contribution >= 0.6 is 0 Å². The summed E-state index contributed by atoms with van der Waals surface area (Å²) in [5.41, 5.74) is 2.87. The van der Waals surface area contributed by atoms with Gasteiger partial charge in [-0.3, -0.25) is 4.79 Å². The van der Waals surface area contributed by atoms with Gasteiger partial charge in [0, 0.05) is 19.2 Å². The SMILES string of the molecule is CN(CCC(F)(F)F)C(=O)c1ccc2c(c1)CCC2. The molecular weight excluding hydrogens is 255 g/mol. The predicted molar refractivity (Wildman–Crippen MR) is 66.1 cm³/mol. The van der Waals surface area contributed by atoms with Crippen LogP contribution in [0.2, 0.25) is 0 Å². The number of fused-ring (bicyclic) bond motifs is 1. The number of carbonyl (C=O) groups is 1. The van der Waals surface area contributed by atoms with Crippen LogP contribution in [0, 0.1) is 0 Å². The highest BCUT2D eigenvalue weighted by atomic mass is 19.4. The van der Waals surface area contributed by atoms with E-state index in [1.165, 1.54) is 12.6 Å². The van der Waals surface area contributed by atoms with Crippen LogP contribution in [0.3, 0.4) is 0 Å². The van der Waals surface area contributed by atoms with E-state index in [9.17, 15) is 18.0 Å². The van der Waals surface area contributed by atoms with Crippen molar-refractivity contribution in [3.63, 3.8) is 0 Å². The Labute approximate surface area is 110 Å². The summed E-state index contributed by atoms with van der Waals surface area (Å²) in [6.07, 6.45) is -2.15. The van der Waals surface area contributed by atoms with E-state index < -0.39 is 12.6 Å². The van der Waals surface area contributed by atoms with Crippen molar-refractivity contribution in [1.82, 2.24) is 4.90 Å². The molecule has 0 saturated heterocycles. The van der Waals surface area contributed by atoms with E-state index in [0.717, 1.165) is 29.7 Å². The normalized spacial score (nSPS) is 14.3. The molecule has 0 atom stereocenters. The molecule has 0 fully saturated rings. The molecule has 1 aromatic rings. The first kappa shape index (κ1) is 13.9. The molecule has 0 aromatic heterocycles. The number of benzene rings is 1. The molecule has 5 heteroatoms. The Morgan fingerprint density at radius 2 is 1.95 bits per heavy atom. The zero-order chi connectivity index (χ0) is 14.0. The van der Waals surface area contributed by atoms with Crippen molar-refractivity contribution >= 4 is 5.91 Å². The third-order valence-electron chi connectivity index (χ3n) is 3.42. The fourth-order valence-corrected chi connectivity index (χ4v) is 2.32. The van der Waals surface area contributed by atoms with Crippen molar-refractivity contribution in [3.05, 3.63) is 34.9 Å². The molecule has 0 N–H and O–H groups in total. The first-order valence-electron chi connectivity index (χ1n) is 6.31. The number of rotatable bonds is 3. The molecule has 19 heavy (non-hydrogen) atoms. The van der Waals surface area contributed by atoms with Gasteiger partial charge in [0.2, 0.25) is 0 Å². The van der Waals surface area contributed by atoms with Crippen LogP contribution in [0.5, 0.6) is 0 Å². The second-order valence-electron chi connectivity index (χ2n) is 4.93. The summed E-state index contributed by atoms with van der Waals surface area (Å²) in [5.74, 6) is -0.348. The van der Waals surface area contributed by atoms with Gasteiger partial charge >= 0.3 is 6.18 Å². The zero-order valence-corrected chi connectivity index (χ0v) is 10.8. The zero-order valence-electron chi connectivity index (χ0n) is 10.8. The maximum atomic E-state index is 12.1. The van der Waals surface area contributed by atoms with Crippen LogP contribution in [0.25, 0.3) is 0 Å². The molecule has 2 nitrogen and oxygen atoms in total. The molecule has 1 amide bonds. The van der Waals surface area contributed by atoms with Crippen molar-refractivity contribution in [2.45, 2.75) is 31.9 Å². The van der Waals surface area contributed by atoms with E-state index in [2.05, 4.69) is 0 Å². The monoisotopic (exact) mass is 271 g/mol. The summed E-state index contributed by atoms with van der Waals surface area (Å²) < 4.78 is 36.4. The number of hydrogen-bond donors (Lipinski definition) is 0. The van der Waals surface area contributed by atoms with Gasteiger partial charge in [0.05, 0.1) is 6.42 Å². The third-order valence-corrected chi connectivity index (χ3v) is 3.42. The van der Waals surface area contributed by atoms with Crippen molar-refractivity contribution < 1.29 is 18.0 Å². The van der Waals surface area contributed by atoms with Crippen LogP contribution in [0.15, 0.2) is 18.2 Å². The van der Waals surface area contributed by atoms with Crippen LogP contribution in [-0.2, 0) is 12.8 Å². The van der Waals surface area contributed by atoms with Crippen LogP contribution in [0.4, 0.5) is 13.2 Å². The Kier molecular flexibility index (Phi) is 3.83. The number of hydrogen-bond acceptors (Lipinski definition) is 1. The molecule has 1 aliphatic rings. The second-order valence-corrected chi connectivity index (χ2v) is 4.93. The first-order valence-corrected chi connectivity index (χ1v) is 6.31. The number of carbonyl (C=O) groups excluding carboxylic acids is 1. The van der Waals surface area contributed by atoms with E-state index in [1.807, 2.05) is 12.1 Å². The maximum absolute atomic E-state index is 12.1. The molecular formula is C14H16F3NO. The number of aryl methyl sites for hydroxylation is 2. The van der Waals surface area contributed by atoms with Gasteiger partial charge in [-0.15, -0.1) is 0 Å². The quantitative estimate of drug-likeness (QED) is 0.826. The molecule has 0 spiro atoms. The molecule has 1 aromatic carbocycles. The van der Waals surface area contributed by atoms with E-state index in [4.69, 9.17) is 0 Å². The van der Waals surface area contributed by atoms with Gasteiger partial charge in [-0.2, -0.15) is 13.2 Å². The largest absolute Gasteiger partial charge is 0.390 e. The minimum absolute atomic E-state index is 0.306. The Bertz CT molecular complexity index is 482. The lowest BCUT2D eigenvalue weighted by Gasteiger charge is -2.18. The molecule has 104 valence electrons. The van der Waals surface area contributed by atoms with Crippen molar-refractivity contribution in [3.8, 4) is 0 Å². The van der Waals surface area contributed by atoms with E-state index >= 15 is 0 Å². The summed E-state index contributed by atoms with van der Waals surface area (Å²) in [6, 6.07) is 5.43. The average molecular weight is 271 g/mol. The van der Waals surface area contributed by atoms with E-state index in [0.29, 0.717) is 5.56 Å². The van der Waals surface area contributed by atoms with Crippen molar-refractivity contribution in [2.75, 3.05) is 13.6 Å². The highest BCUT2D eigenvalue weighted by molar-refractivity contribution is 5.94. The molecule has 0 aliphatic heterocycles. The van der Waals surface area contributed by atoms with Crippen LogP contribution in [0.1, 0.15) is 34.3 Å². The van der Waals surface area contributed by atoms with Crippen LogP contribution < -0.4 is 0 Å². The molecule has 0 heterocycles. The highest BCUT2D eigenvalue weighted by Gasteiger charge is 2.28. The molecule has 0 unspecified atom stereocenters. The predicted octanol–water partition coefficient (Wildman–Crippen LogP) is 3.20. The number of halogens is 3. The Morgan fingerprint density at radius 1 is 1.26 bits per heavy atom. The summed E-state index contributed by atoms with van der Waals surface area (Å²) >= 11 is 0. The van der Waals surface area contributed by atoms with Gasteiger partial charge in [-0.1, -0.05) is 6.07 Å². The highest BCUT2D eigenvalue weighted by Crippen LogP contribution is 2.24. The fourth-order valence-electron chi connectivity index (χ4n) is 2.32. The average Bonchev–Trinajstić information content (AvgIpc) is 2.81. The van der Waals surface area contributed by atoms with Gasteiger partial charge in [0.1, 0.15) is 0 Å². The molecule has 0 saturated carbocycles. The standard InChI is InChI=1S/C14H16F3NO/c1-18(8-7-14(15,16)17)13(19)12-6-5-10-3-2-4-11(10)9-12/h5-6,9H,2-4,7-8H2,1H3. The van der Waals surface area contributed by atoms with Crippen LogP contribution in [-0.4, -0.2) is 30.6 Å². The van der Waals surface area contributed by atoms with Gasteiger partial charge in [0.15, 0.2) is 0 Å². The van der Waals surface area contributed by atoms with Gasteiger partial charge in [-0.25, -0.2) is 0 Å². The minimum atomic E-state index is -4.23. The van der Waals surface area contributed by atoms with Crippen molar-refractivity contribution in [2.24, 2.45) is 0 Å². The smallest absolute Gasteiger partial charge is 0.341 e. The maximum Gasteiger partial charge on any atom is 0.390 e. The first-order chi connectivity index (χ1) is 8.87. The lowest BCUT2D eigenvalue weighted by Crippen LogP contribution is -2.30. The lowest BCUT2D eigenvalue weighted by atomic mass is 10.1. The Balaban J connectivity index is 2.03. The molecule has 0 bridgehead atoms. The van der Waals surface area contributed by atoms with Gasteiger partial charge < -0.3 is 4.90 Å². The fraction of sp³-hybridized carbons (Fsp3) is 0.500. The summed E-state index contributed by atoms with van der Waals surface area (Å²) in [4.78, 5) is 13.1. The number of nitrogens with zero attached hydrogens (tertiary/aromatic N) is 1.